The lowest BCUT2D eigenvalue weighted by atomic mass is 9.95. The Morgan fingerprint density at radius 3 is 2.46 bits per heavy atom. The number of aliphatic hydroxyl groups excluding tert-OH is 1. The first kappa shape index (κ1) is 26.1. The zero-order valence-corrected chi connectivity index (χ0v) is 22.6. The van der Waals surface area contributed by atoms with Crippen molar-refractivity contribution < 1.29 is 33.6 Å². The van der Waals surface area contributed by atoms with Crippen molar-refractivity contribution in [2.75, 3.05) is 32.8 Å². The molecule has 200 valence electrons. The van der Waals surface area contributed by atoms with Crippen LogP contribution in [0.1, 0.15) is 24.1 Å². The van der Waals surface area contributed by atoms with E-state index in [0.717, 1.165) is 4.70 Å². The summed E-state index contributed by atoms with van der Waals surface area (Å²) >= 11 is 1.25. The van der Waals surface area contributed by atoms with Gasteiger partial charge in [0.15, 0.2) is 16.6 Å². The lowest BCUT2D eigenvalue weighted by Gasteiger charge is -2.23. The van der Waals surface area contributed by atoms with Crippen LogP contribution in [0, 0.1) is 0 Å². The first-order valence-corrected chi connectivity index (χ1v) is 12.9. The first-order chi connectivity index (χ1) is 18.9. The molecule has 0 radical (unpaired) electrons. The van der Waals surface area contributed by atoms with E-state index >= 15 is 0 Å². The second-order valence-corrected chi connectivity index (χ2v) is 9.58. The molecule has 5 rings (SSSR count). The minimum Gasteiger partial charge on any atom is -0.507 e. The van der Waals surface area contributed by atoms with Crippen molar-refractivity contribution in [2.45, 2.75) is 13.0 Å². The molecule has 1 aliphatic rings. The largest absolute Gasteiger partial charge is 0.507 e. The fraction of sp³-hybridized carbons (Fsp3) is 0.207. The summed E-state index contributed by atoms with van der Waals surface area (Å²) in [7, 11) is 4.59. The Bertz CT molecular complexity index is 1610. The molecule has 4 aromatic rings. The van der Waals surface area contributed by atoms with Crippen LogP contribution in [0.2, 0.25) is 0 Å². The van der Waals surface area contributed by atoms with E-state index in [0.29, 0.717) is 51.4 Å². The highest BCUT2D eigenvalue weighted by Gasteiger charge is 2.48. The Balaban J connectivity index is 1.73. The quantitative estimate of drug-likeness (QED) is 0.179. The van der Waals surface area contributed by atoms with E-state index in [4.69, 9.17) is 18.9 Å². The third kappa shape index (κ3) is 4.63. The summed E-state index contributed by atoms with van der Waals surface area (Å²) in [5.74, 6) is 0.112. The number of ketones is 1. The number of methoxy groups -OCH3 is 3. The Kier molecular flexibility index (Phi) is 7.12. The average molecular weight is 547 g/mol. The van der Waals surface area contributed by atoms with Gasteiger partial charge >= 0.3 is 5.91 Å². The van der Waals surface area contributed by atoms with E-state index in [9.17, 15) is 14.7 Å². The molecule has 1 aromatic heterocycles. The minimum atomic E-state index is -0.983. The Labute approximate surface area is 228 Å². The number of amides is 1. The SMILES string of the molecule is CCOc1cccc(C(O)=C2C(=O)C(=O)N(c3nc4ccc(OC)cc4s3)C2c2ccc(OC)c(OC)c2)c1. The smallest absolute Gasteiger partial charge is 0.301 e. The number of benzene rings is 3. The second kappa shape index (κ2) is 10.7. The summed E-state index contributed by atoms with van der Waals surface area (Å²) < 4.78 is 22.5. The van der Waals surface area contributed by atoms with Crippen molar-refractivity contribution in [1.82, 2.24) is 4.98 Å². The molecule has 1 N–H and O–H groups in total. The zero-order chi connectivity index (χ0) is 27.7. The van der Waals surface area contributed by atoms with Crippen LogP contribution in [-0.2, 0) is 9.59 Å². The van der Waals surface area contributed by atoms with Crippen LogP contribution in [0.3, 0.4) is 0 Å². The third-order valence-corrected chi connectivity index (χ3v) is 7.39. The molecule has 1 amide bonds. The minimum absolute atomic E-state index is 0.0716. The maximum absolute atomic E-state index is 13.6. The maximum atomic E-state index is 13.6. The highest BCUT2D eigenvalue weighted by Crippen LogP contribution is 2.46. The number of fused-ring (bicyclic) bond motifs is 1. The highest BCUT2D eigenvalue weighted by molar-refractivity contribution is 7.22. The van der Waals surface area contributed by atoms with E-state index in [2.05, 4.69) is 4.98 Å². The molecule has 0 spiro atoms. The van der Waals surface area contributed by atoms with E-state index in [1.54, 1.807) is 61.7 Å². The lowest BCUT2D eigenvalue weighted by molar-refractivity contribution is -0.132. The van der Waals surface area contributed by atoms with Crippen molar-refractivity contribution in [3.05, 3.63) is 77.4 Å². The molecule has 2 heterocycles. The summed E-state index contributed by atoms with van der Waals surface area (Å²) in [4.78, 5) is 33.1. The number of hydrogen-bond acceptors (Lipinski definition) is 9. The number of ether oxygens (including phenoxy) is 4. The second-order valence-electron chi connectivity index (χ2n) is 8.57. The van der Waals surface area contributed by atoms with Crippen LogP contribution in [0.25, 0.3) is 16.0 Å². The lowest BCUT2D eigenvalue weighted by Crippen LogP contribution is -2.29. The standard InChI is InChI=1S/C29H26N2O7S/c1-5-38-19-8-6-7-17(13-19)26(32)24-25(16-9-12-21(36-3)22(14-16)37-4)31(28(34)27(24)33)29-30-20-11-10-18(35-2)15-23(20)39-29/h6-15,25,32H,5H2,1-4H3. The predicted octanol–water partition coefficient (Wildman–Crippen LogP) is 5.35. The molecule has 10 heteroatoms. The van der Waals surface area contributed by atoms with Gasteiger partial charge in [-0.15, -0.1) is 0 Å². The van der Waals surface area contributed by atoms with Gasteiger partial charge in [0, 0.05) is 5.56 Å². The predicted molar refractivity (Wildman–Crippen MR) is 148 cm³/mol. The topological polar surface area (TPSA) is 107 Å². The van der Waals surface area contributed by atoms with Gasteiger partial charge in [0.2, 0.25) is 0 Å². The Morgan fingerprint density at radius 1 is 0.949 bits per heavy atom. The molecule has 1 unspecified atom stereocenters. The average Bonchev–Trinajstić information content (AvgIpc) is 3.49. The molecular formula is C29H26N2O7S. The Hall–Kier alpha value is -4.57. The van der Waals surface area contributed by atoms with Crippen LogP contribution in [-0.4, -0.2) is 49.7 Å². The van der Waals surface area contributed by atoms with E-state index in [1.807, 2.05) is 13.0 Å². The summed E-state index contributed by atoms with van der Waals surface area (Å²) in [6.07, 6.45) is 0. The summed E-state index contributed by atoms with van der Waals surface area (Å²) in [5.41, 5.74) is 1.45. The summed E-state index contributed by atoms with van der Waals surface area (Å²) in [6, 6.07) is 16.2. The number of rotatable bonds is 8. The molecular weight excluding hydrogens is 520 g/mol. The zero-order valence-electron chi connectivity index (χ0n) is 21.8. The van der Waals surface area contributed by atoms with Crippen LogP contribution in [0.15, 0.2) is 66.2 Å². The fourth-order valence-corrected chi connectivity index (χ4v) is 5.57. The van der Waals surface area contributed by atoms with Crippen LogP contribution in [0.4, 0.5) is 5.13 Å². The summed E-state index contributed by atoms with van der Waals surface area (Å²) in [6.45, 7) is 2.28. The van der Waals surface area contributed by atoms with Gasteiger partial charge in [0.05, 0.1) is 49.8 Å². The maximum Gasteiger partial charge on any atom is 0.301 e. The molecule has 0 saturated carbocycles. The molecule has 1 aliphatic heterocycles. The molecule has 0 bridgehead atoms. The Morgan fingerprint density at radius 2 is 1.74 bits per heavy atom. The van der Waals surface area contributed by atoms with Crippen molar-refractivity contribution in [1.29, 1.82) is 0 Å². The third-order valence-electron chi connectivity index (χ3n) is 6.38. The van der Waals surface area contributed by atoms with Crippen LogP contribution in [0.5, 0.6) is 23.0 Å². The molecule has 0 aliphatic carbocycles. The van der Waals surface area contributed by atoms with Crippen molar-refractivity contribution in [2.24, 2.45) is 0 Å². The van der Waals surface area contributed by atoms with Crippen LogP contribution < -0.4 is 23.8 Å². The van der Waals surface area contributed by atoms with Gasteiger partial charge in [-0.05, 0) is 55.0 Å². The number of thiazole rings is 1. The van der Waals surface area contributed by atoms with Gasteiger partial charge in [-0.3, -0.25) is 14.5 Å². The van der Waals surface area contributed by atoms with Gasteiger partial charge in [-0.2, -0.15) is 0 Å². The van der Waals surface area contributed by atoms with E-state index in [1.165, 1.54) is 30.5 Å². The number of carbonyl (C=O) groups excluding carboxylic acids is 2. The van der Waals surface area contributed by atoms with Crippen LogP contribution >= 0.6 is 11.3 Å². The number of hydrogen-bond donors (Lipinski definition) is 1. The molecule has 1 atom stereocenters. The molecule has 3 aromatic carbocycles. The van der Waals surface area contributed by atoms with Crippen molar-refractivity contribution in [3.63, 3.8) is 0 Å². The monoisotopic (exact) mass is 546 g/mol. The molecule has 1 saturated heterocycles. The van der Waals surface area contributed by atoms with Crippen molar-refractivity contribution >= 4 is 44.1 Å². The highest BCUT2D eigenvalue weighted by atomic mass is 32.1. The number of aliphatic hydroxyl groups is 1. The first-order valence-electron chi connectivity index (χ1n) is 12.1. The number of anilines is 1. The number of aromatic nitrogens is 1. The van der Waals surface area contributed by atoms with Crippen molar-refractivity contribution in [3.8, 4) is 23.0 Å². The normalized spacial score (nSPS) is 16.5. The number of Topliss-reactive ketones (excluding diaryl/α,β-unsaturated/α-hetero) is 1. The molecule has 39 heavy (non-hydrogen) atoms. The summed E-state index contributed by atoms with van der Waals surface area (Å²) in [5, 5.41) is 11.8. The number of nitrogens with zero attached hydrogens (tertiary/aromatic N) is 2. The molecule has 1 fully saturated rings. The molecule has 9 nitrogen and oxygen atoms in total. The fourth-order valence-electron chi connectivity index (χ4n) is 4.55. The van der Waals surface area contributed by atoms with Gasteiger partial charge in [-0.1, -0.05) is 29.5 Å². The number of carbonyl (C=O) groups is 2. The van der Waals surface area contributed by atoms with E-state index in [-0.39, 0.29) is 11.3 Å². The van der Waals surface area contributed by atoms with Gasteiger partial charge in [0.1, 0.15) is 17.3 Å². The van der Waals surface area contributed by atoms with Gasteiger partial charge < -0.3 is 24.1 Å². The van der Waals surface area contributed by atoms with E-state index < -0.39 is 17.7 Å². The van der Waals surface area contributed by atoms with Gasteiger partial charge in [0.25, 0.3) is 5.78 Å². The van der Waals surface area contributed by atoms with Gasteiger partial charge in [-0.25, -0.2) is 4.98 Å².